The van der Waals surface area contributed by atoms with Crippen LogP contribution in [0.3, 0.4) is 0 Å². The number of fused-ring (bicyclic) bond motifs is 1. The van der Waals surface area contributed by atoms with Crippen LogP contribution in [0.2, 0.25) is 0 Å². The normalized spacial score (nSPS) is 18.5. The van der Waals surface area contributed by atoms with Crippen molar-refractivity contribution in [2.24, 2.45) is 0 Å². The lowest BCUT2D eigenvalue weighted by atomic mass is 9.96. The molecule has 4 aromatic carbocycles. The number of amides is 1. The van der Waals surface area contributed by atoms with Crippen molar-refractivity contribution in [2.45, 2.75) is 89.6 Å². The largest absolute Gasteiger partial charge is 0.493 e. The second-order valence-electron chi connectivity index (χ2n) is 14.2. The molecule has 2 aliphatic heterocycles. The number of carboxylic acids is 1. The minimum Gasteiger partial charge on any atom is -0.493 e. The van der Waals surface area contributed by atoms with Crippen LogP contribution in [0.15, 0.2) is 84.9 Å². The molecule has 3 N–H and O–H groups in total. The van der Waals surface area contributed by atoms with Crippen LogP contribution in [0.1, 0.15) is 90.7 Å². The highest BCUT2D eigenvalue weighted by atomic mass is 16.7. The van der Waals surface area contributed by atoms with Gasteiger partial charge in [-0.15, -0.1) is 0 Å². The van der Waals surface area contributed by atoms with Crippen molar-refractivity contribution < 1.29 is 38.7 Å². The van der Waals surface area contributed by atoms with Gasteiger partial charge in [0.2, 0.25) is 5.91 Å². The number of nitrogens with one attached hydrogen (secondary N) is 1. The van der Waals surface area contributed by atoms with E-state index in [0.717, 1.165) is 90.2 Å². The number of aliphatic hydroxyl groups excluding tert-OH is 1. The zero-order chi connectivity index (χ0) is 37.9. The predicted octanol–water partition coefficient (Wildman–Crippen LogP) is 7.51. The van der Waals surface area contributed by atoms with Gasteiger partial charge in [-0.3, -0.25) is 14.5 Å². The maximum atomic E-state index is 12.5. The van der Waals surface area contributed by atoms with E-state index in [1.807, 2.05) is 48.5 Å². The van der Waals surface area contributed by atoms with Crippen molar-refractivity contribution in [1.29, 1.82) is 0 Å². The van der Waals surface area contributed by atoms with Gasteiger partial charge in [0.1, 0.15) is 0 Å². The van der Waals surface area contributed by atoms with Gasteiger partial charge < -0.3 is 34.5 Å². The quantitative estimate of drug-likeness (QED) is 0.0945. The van der Waals surface area contributed by atoms with E-state index < -0.39 is 12.3 Å². The molecule has 2 heterocycles. The first-order valence-corrected chi connectivity index (χ1v) is 19.0. The second-order valence-corrected chi connectivity index (χ2v) is 14.2. The smallest absolute Gasteiger partial charge is 0.303 e. The van der Waals surface area contributed by atoms with Gasteiger partial charge in [-0.2, -0.15) is 0 Å². The topological polar surface area (TPSA) is 127 Å². The lowest BCUT2D eigenvalue weighted by Gasteiger charge is -2.39. The third kappa shape index (κ3) is 10.5. The zero-order valence-electron chi connectivity index (χ0n) is 31.3. The number of nitrogens with zero attached hydrogens (tertiary/aromatic N) is 1. The number of benzene rings is 4. The Balaban J connectivity index is 1.13. The maximum Gasteiger partial charge on any atom is 0.303 e. The lowest BCUT2D eigenvalue weighted by Crippen LogP contribution is -2.41. The summed E-state index contributed by atoms with van der Waals surface area (Å²) in [6.07, 6.45) is 4.40. The Labute approximate surface area is 318 Å². The Morgan fingerprint density at radius 1 is 0.796 bits per heavy atom. The summed E-state index contributed by atoms with van der Waals surface area (Å²) in [4.78, 5) is 25.6. The van der Waals surface area contributed by atoms with Crippen LogP contribution in [-0.2, 0) is 45.2 Å². The van der Waals surface area contributed by atoms with Crippen molar-refractivity contribution in [3.8, 4) is 22.6 Å². The molecule has 0 bridgehead atoms. The highest BCUT2D eigenvalue weighted by Crippen LogP contribution is 2.40. The van der Waals surface area contributed by atoms with Gasteiger partial charge in [-0.1, -0.05) is 73.5 Å². The molecule has 1 saturated heterocycles. The summed E-state index contributed by atoms with van der Waals surface area (Å²) < 4.78 is 24.6. The van der Waals surface area contributed by atoms with Crippen molar-refractivity contribution in [3.05, 3.63) is 118 Å². The molecular formula is C44H52N2O8. The first kappa shape index (κ1) is 39.0. The first-order chi connectivity index (χ1) is 26.3. The van der Waals surface area contributed by atoms with Gasteiger partial charge in [-0.25, -0.2) is 0 Å². The van der Waals surface area contributed by atoms with Gasteiger partial charge in [0, 0.05) is 51.0 Å². The summed E-state index contributed by atoms with van der Waals surface area (Å²) in [5.41, 5.74) is 8.41. The number of aliphatic carboxylic acids is 1. The van der Waals surface area contributed by atoms with Crippen LogP contribution in [-0.4, -0.2) is 60.4 Å². The Morgan fingerprint density at radius 2 is 1.50 bits per heavy atom. The molecule has 10 heteroatoms. The molecule has 6 rings (SSSR count). The molecule has 3 atom stereocenters. The molecule has 0 saturated carbocycles. The van der Waals surface area contributed by atoms with E-state index in [2.05, 4.69) is 46.6 Å². The van der Waals surface area contributed by atoms with Crippen LogP contribution >= 0.6 is 0 Å². The number of carboxylic acid groups (broad SMARTS) is 1. The number of hydrogen-bond donors (Lipinski definition) is 3. The SMILES string of the molecule is COc1cc2c(cc1OC)CN(C[C@@H]1C[C@H](c3ccc(CO)cc3)O[C@H](c3cccc(-c4cccc(CNC(=O)CCCCCCC(=O)O)c4)c3)O1)CC2. The first-order valence-electron chi connectivity index (χ1n) is 19.0. The minimum absolute atomic E-state index is 0.00365. The minimum atomic E-state index is -0.777. The molecule has 10 nitrogen and oxygen atoms in total. The average Bonchev–Trinajstić information content (AvgIpc) is 3.20. The standard InChI is InChI=1S/C44H52N2O8/c1-51-40-23-35-19-20-46(27-37(35)24-41(40)52-2)28-38-25-39(32-17-15-30(29-47)16-18-32)54-44(53-38)36-12-8-11-34(22-36)33-10-7-9-31(21-33)26-45-42(48)13-5-3-4-6-14-43(49)50/h7-12,15-18,21-24,38-39,44,47H,3-6,13-14,19-20,25-29H2,1-2H3,(H,45,48)(H,49,50)/t38-,39+,44+/m0/s1. The summed E-state index contributed by atoms with van der Waals surface area (Å²) in [6, 6.07) is 28.6. The summed E-state index contributed by atoms with van der Waals surface area (Å²) in [6.45, 7) is 2.87. The fraction of sp³-hybridized carbons (Fsp3) is 0.409. The highest BCUT2D eigenvalue weighted by molar-refractivity contribution is 5.76. The van der Waals surface area contributed by atoms with Crippen LogP contribution in [0, 0.1) is 0 Å². The van der Waals surface area contributed by atoms with Crippen LogP contribution in [0.5, 0.6) is 11.5 Å². The van der Waals surface area contributed by atoms with E-state index in [1.54, 1.807) is 14.2 Å². The molecule has 2 aliphatic rings. The molecular weight excluding hydrogens is 684 g/mol. The van der Waals surface area contributed by atoms with E-state index in [-0.39, 0.29) is 31.1 Å². The molecule has 4 aromatic rings. The fourth-order valence-electron chi connectivity index (χ4n) is 7.35. The number of methoxy groups -OCH3 is 2. The number of hydrogen-bond acceptors (Lipinski definition) is 8. The molecule has 54 heavy (non-hydrogen) atoms. The van der Waals surface area contributed by atoms with Gasteiger partial charge in [0.05, 0.1) is 33.0 Å². The van der Waals surface area contributed by atoms with Gasteiger partial charge in [0.25, 0.3) is 0 Å². The molecule has 286 valence electrons. The van der Waals surface area contributed by atoms with E-state index in [0.29, 0.717) is 25.8 Å². The molecule has 1 fully saturated rings. The third-order valence-corrected chi connectivity index (χ3v) is 10.3. The zero-order valence-corrected chi connectivity index (χ0v) is 31.3. The number of carbonyl (C=O) groups is 2. The molecule has 0 aromatic heterocycles. The van der Waals surface area contributed by atoms with E-state index in [4.69, 9.17) is 24.1 Å². The summed E-state index contributed by atoms with van der Waals surface area (Å²) >= 11 is 0. The van der Waals surface area contributed by atoms with Crippen molar-refractivity contribution in [1.82, 2.24) is 10.2 Å². The average molecular weight is 737 g/mol. The fourth-order valence-corrected chi connectivity index (χ4v) is 7.35. The molecule has 1 amide bonds. The van der Waals surface area contributed by atoms with Crippen LogP contribution in [0.25, 0.3) is 11.1 Å². The number of aliphatic hydroxyl groups is 1. The van der Waals surface area contributed by atoms with E-state index in [1.165, 1.54) is 11.1 Å². The monoisotopic (exact) mass is 736 g/mol. The van der Waals surface area contributed by atoms with Crippen LogP contribution < -0.4 is 14.8 Å². The maximum absolute atomic E-state index is 12.5. The molecule has 0 unspecified atom stereocenters. The van der Waals surface area contributed by atoms with Crippen molar-refractivity contribution in [2.75, 3.05) is 27.3 Å². The molecule has 0 spiro atoms. The second kappa shape index (κ2) is 19.0. The summed E-state index contributed by atoms with van der Waals surface area (Å²) in [5, 5.41) is 21.5. The highest BCUT2D eigenvalue weighted by Gasteiger charge is 2.34. The number of ether oxygens (including phenoxy) is 4. The van der Waals surface area contributed by atoms with Crippen molar-refractivity contribution in [3.63, 3.8) is 0 Å². The Morgan fingerprint density at radius 3 is 2.22 bits per heavy atom. The number of unbranched alkanes of at least 4 members (excludes halogenated alkanes) is 3. The van der Waals surface area contributed by atoms with Gasteiger partial charge in [0.15, 0.2) is 17.8 Å². The number of carbonyl (C=O) groups excluding carboxylic acids is 1. The van der Waals surface area contributed by atoms with E-state index >= 15 is 0 Å². The van der Waals surface area contributed by atoms with E-state index in [9.17, 15) is 14.7 Å². The Hall–Kier alpha value is -4.74. The molecule has 0 aliphatic carbocycles. The molecule has 0 radical (unpaired) electrons. The predicted molar refractivity (Wildman–Crippen MR) is 206 cm³/mol. The Bertz CT molecular complexity index is 1860. The number of rotatable bonds is 17. The van der Waals surface area contributed by atoms with Gasteiger partial charge in [-0.05, 0) is 82.5 Å². The van der Waals surface area contributed by atoms with Crippen molar-refractivity contribution >= 4 is 11.9 Å². The van der Waals surface area contributed by atoms with Gasteiger partial charge >= 0.3 is 5.97 Å². The summed E-state index contributed by atoms with van der Waals surface area (Å²) in [5.74, 6) is 0.711. The van der Waals surface area contributed by atoms with Crippen LogP contribution in [0.4, 0.5) is 0 Å². The third-order valence-electron chi connectivity index (χ3n) is 10.3. The lowest BCUT2D eigenvalue weighted by molar-refractivity contribution is -0.253. The Kier molecular flexibility index (Phi) is 13.7. The summed E-state index contributed by atoms with van der Waals surface area (Å²) in [7, 11) is 3.34.